The molecule has 1 saturated heterocycles. The molecule has 0 aliphatic carbocycles. The summed E-state index contributed by atoms with van der Waals surface area (Å²) in [5, 5.41) is 0.814. The fraction of sp³-hybridized carbons (Fsp3) is 0.667. The number of morpholine rings is 1. The Kier molecular flexibility index (Phi) is 4.60. The summed E-state index contributed by atoms with van der Waals surface area (Å²) in [5.74, 6) is 0.288. The Hall–Kier alpha value is -1.34. The molecule has 1 aliphatic heterocycles. The van der Waals surface area contributed by atoms with Crippen LogP contribution in [0.2, 0.25) is 0 Å². The summed E-state index contributed by atoms with van der Waals surface area (Å²) in [4.78, 5) is 20.9. The molecular weight excluding hydrogens is 264 g/mol. The molecule has 106 valence electrons. The number of thiazole rings is 1. The Bertz CT molecular complexity index is 443. The van der Waals surface area contributed by atoms with E-state index in [1.807, 2.05) is 6.92 Å². The lowest BCUT2D eigenvalue weighted by atomic mass is 10.4. The van der Waals surface area contributed by atoms with Crippen molar-refractivity contribution < 1.29 is 9.53 Å². The summed E-state index contributed by atoms with van der Waals surface area (Å²) < 4.78 is 5.30. The van der Waals surface area contributed by atoms with Crippen LogP contribution in [0, 0.1) is 0 Å². The van der Waals surface area contributed by atoms with Crippen LogP contribution < -0.4 is 10.6 Å². The smallest absolute Gasteiger partial charge is 0.267 e. The number of carbonyl (C=O) groups excluding carboxylic acids is 1. The van der Waals surface area contributed by atoms with Crippen LogP contribution in [0.15, 0.2) is 0 Å². The van der Waals surface area contributed by atoms with E-state index >= 15 is 0 Å². The third-order valence-electron chi connectivity index (χ3n) is 3.02. The summed E-state index contributed by atoms with van der Waals surface area (Å²) in [7, 11) is 1.79. The maximum absolute atomic E-state index is 12.2. The Labute approximate surface area is 117 Å². The molecule has 6 nitrogen and oxygen atoms in total. The Balaban J connectivity index is 2.13. The number of amides is 1. The number of ether oxygens (including phenoxy) is 1. The van der Waals surface area contributed by atoms with E-state index in [1.165, 1.54) is 11.3 Å². The van der Waals surface area contributed by atoms with Crippen LogP contribution in [0.1, 0.15) is 23.0 Å². The van der Waals surface area contributed by atoms with E-state index in [1.54, 1.807) is 11.9 Å². The minimum Gasteiger partial charge on any atom is -0.382 e. The molecule has 0 spiro atoms. The lowest BCUT2D eigenvalue weighted by Crippen LogP contribution is -2.36. The number of nitrogens with zero attached hydrogens (tertiary/aromatic N) is 3. The van der Waals surface area contributed by atoms with Crippen molar-refractivity contribution in [2.45, 2.75) is 13.3 Å². The summed E-state index contributed by atoms with van der Waals surface area (Å²) in [5.41, 5.74) is 5.88. The van der Waals surface area contributed by atoms with Crippen molar-refractivity contribution >= 4 is 28.2 Å². The van der Waals surface area contributed by atoms with E-state index in [0.717, 1.165) is 31.2 Å². The fourth-order valence-corrected chi connectivity index (χ4v) is 3.01. The average molecular weight is 284 g/mol. The standard InChI is InChI=1S/C12H20N4O2S/c1-3-4-15(2)11(17)9-10(13)14-12(19-9)16-5-7-18-8-6-16/h3-8,13H2,1-2H3. The van der Waals surface area contributed by atoms with Crippen LogP contribution in [0.25, 0.3) is 0 Å². The van der Waals surface area contributed by atoms with Crippen LogP contribution in [0.5, 0.6) is 0 Å². The van der Waals surface area contributed by atoms with Gasteiger partial charge in [0.2, 0.25) is 0 Å². The van der Waals surface area contributed by atoms with Gasteiger partial charge in [-0.1, -0.05) is 18.3 Å². The van der Waals surface area contributed by atoms with Gasteiger partial charge >= 0.3 is 0 Å². The lowest BCUT2D eigenvalue weighted by Gasteiger charge is -2.25. The quantitative estimate of drug-likeness (QED) is 0.894. The van der Waals surface area contributed by atoms with E-state index in [-0.39, 0.29) is 5.91 Å². The van der Waals surface area contributed by atoms with Gasteiger partial charge in [-0.3, -0.25) is 4.79 Å². The first kappa shape index (κ1) is 14.1. The van der Waals surface area contributed by atoms with Crippen molar-refractivity contribution in [3.8, 4) is 0 Å². The van der Waals surface area contributed by atoms with E-state index in [2.05, 4.69) is 9.88 Å². The highest BCUT2D eigenvalue weighted by molar-refractivity contribution is 7.18. The first-order valence-electron chi connectivity index (χ1n) is 6.48. The molecule has 1 aliphatic rings. The molecule has 1 amide bonds. The van der Waals surface area contributed by atoms with Crippen molar-refractivity contribution in [3.05, 3.63) is 4.88 Å². The Morgan fingerprint density at radius 2 is 2.21 bits per heavy atom. The van der Waals surface area contributed by atoms with Crippen molar-refractivity contribution in [1.29, 1.82) is 0 Å². The first-order chi connectivity index (χ1) is 9.13. The molecule has 1 fully saturated rings. The van der Waals surface area contributed by atoms with Gasteiger partial charge in [-0.25, -0.2) is 4.98 Å². The fourth-order valence-electron chi connectivity index (χ4n) is 1.97. The number of anilines is 2. The third kappa shape index (κ3) is 3.16. The van der Waals surface area contributed by atoms with Gasteiger partial charge < -0.3 is 20.3 Å². The van der Waals surface area contributed by atoms with Crippen molar-refractivity contribution in [2.24, 2.45) is 0 Å². The highest BCUT2D eigenvalue weighted by Crippen LogP contribution is 2.29. The molecule has 0 bridgehead atoms. The number of nitrogens with two attached hydrogens (primary N) is 1. The van der Waals surface area contributed by atoms with Gasteiger partial charge in [0, 0.05) is 26.7 Å². The zero-order valence-corrected chi connectivity index (χ0v) is 12.2. The predicted octanol–water partition coefficient (Wildman–Crippen LogP) is 1.04. The molecule has 0 unspecified atom stereocenters. The minimum absolute atomic E-state index is 0.0450. The first-order valence-corrected chi connectivity index (χ1v) is 7.29. The number of hydrogen-bond donors (Lipinski definition) is 1. The highest BCUT2D eigenvalue weighted by atomic mass is 32.1. The Morgan fingerprint density at radius 1 is 1.53 bits per heavy atom. The topological polar surface area (TPSA) is 71.7 Å². The van der Waals surface area contributed by atoms with Gasteiger partial charge in [0.05, 0.1) is 13.2 Å². The molecule has 1 aromatic rings. The summed E-state index contributed by atoms with van der Waals surface area (Å²) in [6.07, 6.45) is 0.928. The molecular formula is C12H20N4O2S. The Morgan fingerprint density at radius 3 is 2.84 bits per heavy atom. The molecule has 0 saturated carbocycles. The van der Waals surface area contributed by atoms with E-state index in [4.69, 9.17) is 10.5 Å². The van der Waals surface area contributed by atoms with Gasteiger partial charge in [-0.2, -0.15) is 0 Å². The van der Waals surface area contributed by atoms with Gasteiger partial charge in [0.1, 0.15) is 10.7 Å². The number of rotatable bonds is 4. The molecule has 7 heteroatoms. The molecule has 0 atom stereocenters. The summed E-state index contributed by atoms with van der Waals surface area (Å²) >= 11 is 1.37. The number of nitrogen functional groups attached to an aromatic ring is 1. The molecule has 2 N–H and O–H groups in total. The molecule has 1 aromatic heterocycles. The maximum atomic E-state index is 12.2. The second-order valence-corrected chi connectivity index (χ2v) is 5.51. The predicted molar refractivity (Wildman–Crippen MR) is 76.8 cm³/mol. The van der Waals surface area contributed by atoms with Gasteiger partial charge in [-0.05, 0) is 6.42 Å². The zero-order valence-electron chi connectivity index (χ0n) is 11.4. The third-order valence-corrected chi connectivity index (χ3v) is 4.14. The minimum atomic E-state index is -0.0450. The van der Waals surface area contributed by atoms with Gasteiger partial charge in [0.25, 0.3) is 5.91 Å². The number of hydrogen-bond acceptors (Lipinski definition) is 6. The SMILES string of the molecule is CCCN(C)C(=O)c1sc(N2CCOCC2)nc1N. The van der Waals surface area contributed by atoms with E-state index in [0.29, 0.717) is 23.9 Å². The van der Waals surface area contributed by atoms with E-state index < -0.39 is 0 Å². The zero-order chi connectivity index (χ0) is 13.8. The van der Waals surface area contributed by atoms with Crippen LogP contribution >= 0.6 is 11.3 Å². The van der Waals surface area contributed by atoms with Crippen molar-refractivity contribution in [3.63, 3.8) is 0 Å². The normalized spacial score (nSPS) is 15.6. The van der Waals surface area contributed by atoms with Crippen molar-refractivity contribution in [1.82, 2.24) is 9.88 Å². The number of aromatic nitrogens is 1. The summed E-state index contributed by atoms with van der Waals surface area (Å²) in [6.45, 7) is 5.75. The second kappa shape index (κ2) is 6.21. The van der Waals surface area contributed by atoms with Crippen LogP contribution in [0.4, 0.5) is 10.9 Å². The molecule has 0 radical (unpaired) electrons. The second-order valence-electron chi connectivity index (χ2n) is 4.54. The molecule has 2 heterocycles. The average Bonchev–Trinajstić information content (AvgIpc) is 2.81. The van der Waals surface area contributed by atoms with Crippen LogP contribution in [-0.4, -0.2) is 55.7 Å². The maximum Gasteiger partial charge on any atom is 0.267 e. The molecule has 0 aromatic carbocycles. The van der Waals surface area contributed by atoms with Gasteiger partial charge in [-0.15, -0.1) is 0 Å². The largest absolute Gasteiger partial charge is 0.382 e. The highest BCUT2D eigenvalue weighted by Gasteiger charge is 2.22. The van der Waals surface area contributed by atoms with E-state index in [9.17, 15) is 4.79 Å². The van der Waals surface area contributed by atoms with Crippen LogP contribution in [-0.2, 0) is 4.74 Å². The van der Waals surface area contributed by atoms with Crippen molar-refractivity contribution in [2.75, 3.05) is 50.5 Å². The monoisotopic (exact) mass is 284 g/mol. The summed E-state index contributed by atoms with van der Waals surface area (Å²) in [6, 6.07) is 0. The number of carbonyl (C=O) groups is 1. The van der Waals surface area contributed by atoms with Gasteiger partial charge in [0.15, 0.2) is 5.13 Å². The molecule has 19 heavy (non-hydrogen) atoms. The molecule has 2 rings (SSSR count). The lowest BCUT2D eigenvalue weighted by molar-refractivity contribution is 0.0800. The van der Waals surface area contributed by atoms with Crippen LogP contribution in [0.3, 0.4) is 0 Å².